The van der Waals surface area contributed by atoms with Crippen LogP contribution in [0.1, 0.15) is 58.2 Å². The highest BCUT2D eigenvalue weighted by Gasteiger charge is 2.26. The maximum atomic E-state index is 5.61. The quantitative estimate of drug-likeness (QED) is 0.728. The molecule has 2 nitrogen and oxygen atoms in total. The summed E-state index contributed by atoms with van der Waals surface area (Å²) in [5.74, 6) is 1.59. The average Bonchev–Trinajstić information content (AvgIpc) is 2.39. The summed E-state index contributed by atoms with van der Waals surface area (Å²) in [4.78, 5) is 0. The van der Waals surface area contributed by atoms with E-state index >= 15 is 0 Å². The van der Waals surface area contributed by atoms with Crippen LogP contribution in [0.4, 0.5) is 0 Å². The smallest absolute Gasteiger partial charge is 0.123 e. The highest BCUT2D eigenvalue weighted by molar-refractivity contribution is 9.10. The average molecular weight is 356 g/mol. The molecule has 0 aliphatic heterocycles. The van der Waals surface area contributed by atoms with Gasteiger partial charge in [0.05, 0.1) is 7.11 Å². The molecule has 0 saturated carbocycles. The van der Waals surface area contributed by atoms with E-state index in [0.717, 1.165) is 23.2 Å². The van der Waals surface area contributed by atoms with E-state index in [9.17, 15) is 0 Å². The standard InChI is InChI=1S/C18H30BrNO/c1-8-20-16(10-13(3)18(4,5)6)14-11-15(19)12(2)9-17(14)21-7/h9,11,13,16,20H,8,10H2,1-7H3. The van der Waals surface area contributed by atoms with Crippen LogP contribution in [-0.4, -0.2) is 13.7 Å². The van der Waals surface area contributed by atoms with Gasteiger partial charge in [-0.2, -0.15) is 0 Å². The normalized spacial score (nSPS) is 14.9. The molecular weight excluding hydrogens is 326 g/mol. The van der Waals surface area contributed by atoms with Gasteiger partial charge < -0.3 is 10.1 Å². The minimum atomic E-state index is 0.308. The lowest BCUT2D eigenvalue weighted by Gasteiger charge is -2.32. The van der Waals surface area contributed by atoms with Crippen LogP contribution in [0, 0.1) is 18.3 Å². The molecule has 0 spiro atoms. The first-order valence-electron chi connectivity index (χ1n) is 7.78. The zero-order valence-electron chi connectivity index (χ0n) is 14.5. The maximum Gasteiger partial charge on any atom is 0.123 e. The number of hydrogen-bond acceptors (Lipinski definition) is 2. The van der Waals surface area contributed by atoms with Crippen LogP contribution in [-0.2, 0) is 0 Å². The molecule has 0 heterocycles. The van der Waals surface area contributed by atoms with E-state index in [1.54, 1.807) is 7.11 Å². The van der Waals surface area contributed by atoms with Crippen molar-refractivity contribution in [2.24, 2.45) is 11.3 Å². The molecule has 0 aliphatic rings. The molecule has 1 aromatic rings. The Labute approximate surface area is 138 Å². The third-order valence-corrected chi connectivity index (χ3v) is 5.26. The van der Waals surface area contributed by atoms with Crippen LogP contribution in [0.2, 0.25) is 0 Å². The molecule has 0 fully saturated rings. The van der Waals surface area contributed by atoms with E-state index < -0.39 is 0 Å². The van der Waals surface area contributed by atoms with Gasteiger partial charge in [0.1, 0.15) is 5.75 Å². The van der Waals surface area contributed by atoms with Gasteiger partial charge in [0.15, 0.2) is 0 Å². The minimum absolute atomic E-state index is 0.308. The van der Waals surface area contributed by atoms with Crippen molar-refractivity contribution in [3.05, 3.63) is 27.7 Å². The first kappa shape index (κ1) is 18.5. The van der Waals surface area contributed by atoms with Crippen molar-refractivity contribution in [3.8, 4) is 5.75 Å². The molecule has 0 radical (unpaired) electrons. The van der Waals surface area contributed by atoms with Crippen LogP contribution in [0.5, 0.6) is 5.75 Å². The maximum absolute atomic E-state index is 5.61. The van der Waals surface area contributed by atoms with Gasteiger partial charge in [0, 0.05) is 16.1 Å². The van der Waals surface area contributed by atoms with Gasteiger partial charge in [-0.05, 0) is 48.9 Å². The predicted octanol–water partition coefficient (Wildman–Crippen LogP) is 5.49. The number of aryl methyl sites for hydroxylation is 1. The van der Waals surface area contributed by atoms with E-state index in [-0.39, 0.29) is 0 Å². The first-order chi connectivity index (χ1) is 9.70. The van der Waals surface area contributed by atoms with E-state index in [0.29, 0.717) is 17.4 Å². The Balaban J connectivity index is 3.13. The van der Waals surface area contributed by atoms with E-state index in [2.05, 4.69) is 74.9 Å². The number of halogens is 1. The van der Waals surface area contributed by atoms with Crippen molar-refractivity contribution in [2.45, 2.75) is 54.0 Å². The Morgan fingerprint density at radius 1 is 1.29 bits per heavy atom. The Hall–Kier alpha value is -0.540. The largest absolute Gasteiger partial charge is 0.496 e. The molecule has 0 aromatic heterocycles. The molecule has 120 valence electrons. The third kappa shape index (κ3) is 5.00. The van der Waals surface area contributed by atoms with E-state index in [1.165, 1.54) is 11.1 Å². The van der Waals surface area contributed by atoms with Gasteiger partial charge in [-0.25, -0.2) is 0 Å². The number of hydrogen-bond donors (Lipinski definition) is 1. The third-order valence-electron chi connectivity index (χ3n) is 4.40. The number of nitrogens with one attached hydrogen (secondary N) is 1. The molecule has 3 heteroatoms. The Morgan fingerprint density at radius 2 is 1.90 bits per heavy atom. The van der Waals surface area contributed by atoms with Gasteiger partial charge in [-0.3, -0.25) is 0 Å². The van der Waals surface area contributed by atoms with E-state index in [4.69, 9.17) is 4.74 Å². The van der Waals surface area contributed by atoms with Crippen molar-refractivity contribution in [3.63, 3.8) is 0 Å². The van der Waals surface area contributed by atoms with Gasteiger partial charge >= 0.3 is 0 Å². The lowest BCUT2D eigenvalue weighted by Crippen LogP contribution is -2.27. The molecule has 1 rings (SSSR count). The van der Waals surface area contributed by atoms with Crippen molar-refractivity contribution in [1.82, 2.24) is 5.32 Å². The lowest BCUT2D eigenvalue weighted by molar-refractivity contribution is 0.222. The van der Waals surface area contributed by atoms with Crippen molar-refractivity contribution in [2.75, 3.05) is 13.7 Å². The second kappa shape index (κ2) is 7.64. The second-order valence-electron chi connectivity index (χ2n) is 6.96. The Kier molecular flexibility index (Phi) is 6.73. The fourth-order valence-electron chi connectivity index (χ4n) is 2.39. The van der Waals surface area contributed by atoms with E-state index in [1.807, 2.05) is 0 Å². The van der Waals surface area contributed by atoms with Crippen molar-refractivity contribution >= 4 is 15.9 Å². The summed E-state index contributed by atoms with van der Waals surface area (Å²) < 4.78 is 6.76. The van der Waals surface area contributed by atoms with Crippen LogP contribution >= 0.6 is 15.9 Å². The molecule has 1 aromatic carbocycles. The summed E-state index contributed by atoms with van der Waals surface area (Å²) in [6.07, 6.45) is 1.10. The fraction of sp³-hybridized carbons (Fsp3) is 0.667. The first-order valence-corrected chi connectivity index (χ1v) is 8.57. The second-order valence-corrected chi connectivity index (χ2v) is 7.81. The lowest BCUT2D eigenvalue weighted by atomic mass is 9.77. The minimum Gasteiger partial charge on any atom is -0.496 e. The number of methoxy groups -OCH3 is 1. The number of benzene rings is 1. The summed E-state index contributed by atoms with van der Waals surface area (Å²) >= 11 is 3.65. The van der Waals surface area contributed by atoms with Gasteiger partial charge in [0.25, 0.3) is 0 Å². The topological polar surface area (TPSA) is 21.3 Å². The summed E-state index contributed by atoms with van der Waals surface area (Å²) in [5, 5.41) is 3.62. The highest BCUT2D eigenvalue weighted by Crippen LogP contribution is 2.38. The Morgan fingerprint density at radius 3 is 2.38 bits per heavy atom. The highest BCUT2D eigenvalue weighted by atomic mass is 79.9. The predicted molar refractivity (Wildman–Crippen MR) is 95.1 cm³/mol. The summed E-state index contributed by atoms with van der Waals surface area (Å²) in [6, 6.07) is 4.64. The molecule has 2 atom stereocenters. The van der Waals surface area contributed by atoms with Crippen molar-refractivity contribution in [1.29, 1.82) is 0 Å². The van der Waals surface area contributed by atoms with Gasteiger partial charge in [-0.1, -0.05) is 50.5 Å². The monoisotopic (exact) mass is 355 g/mol. The zero-order chi connectivity index (χ0) is 16.2. The summed E-state index contributed by atoms with van der Waals surface area (Å²) in [6.45, 7) is 14.5. The molecule has 21 heavy (non-hydrogen) atoms. The summed E-state index contributed by atoms with van der Waals surface area (Å²) in [7, 11) is 1.75. The Bertz CT molecular complexity index is 465. The zero-order valence-corrected chi connectivity index (χ0v) is 16.1. The molecule has 0 aliphatic carbocycles. The van der Waals surface area contributed by atoms with Gasteiger partial charge in [-0.15, -0.1) is 0 Å². The fourth-order valence-corrected chi connectivity index (χ4v) is 2.75. The van der Waals surface area contributed by atoms with Crippen LogP contribution in [0.25, 0.3) is 0 Å². The van der Waals surface area contributed by atoms with Crippen LogP contribution in [0.15, 0.2) is 16.6 Å². The number of rotatable bonds is 6. The molecule has 1 N–H and O–H groups in total. The van der Waals surface area contributed by atoms with Crippen LogP contribution < -0.4 is 10.1 Å². The van der Waals surface area contributed by atoms with Gasteiger partial charge in [0.2, 0.25) is 0 Å². The summed E-state index contributed by atoms with van der Waals surface area (Å²) in [5.41, 5.74) is 2.76. The molecule has 0 saturated heterocycles. The SMILES string of the molecule is CCNC(CC(C)C(C)(C)C)c1cc(Br)c(C)cc1OC. The number of ether oxygens (including phenoxy) is 1. The molecule has 0 bridgehead atoms. The molecule has 0 amide bonds. The molecule has 2 unspecified atom stereocenters. The van der Waals surface area contributed by atoms with Crippen LogP contribution in [0.3, 0.4) is 0 Å². The van der Waals surface area contributed by atoms with Crippen molar-refractivity contribution < 1.29 is 4.74 Å². The molecular formula is C18H30BrNO.